The number of halogens is 2. The van der Waals surface area contributed by atoms with Crippen LogP contribution in [0.5, 0.6) is 0 Å². The van der Waals surface area contributed by atoms with Gasteiger partial charge in [0.2, 0.25) is 0 Å². The second-order valence-electron chi connectivity index (χ2n) is 3.62. The van der Waals surface area contributed by atoms with Crippen molar-refractivity contribution in [2.45, 2.75) is 0 Å². The van der Waals surface area contributed by atoms with Crippen molar-refractivity contribution in [3.63, 3.8) is 0 Å². The summed E-state index contributed by atoms with van der Waals surface area (Å²) >= 11 is 8.99. The lowest BCUT2D eigenvalue weighted by Gasteiger charge is -2.07. The first-order valence-electron chi connectivity index (χ1n) is 5.22. The van der Waals surface area contributed by atoms with E-state index in [0.717, 1.165) is 4.47 Å². The van der Waals surface area contributed by atoms with Crippen LogP contribution in [0, 0.1) is 11.3 Å². The van der Waals surface area contributed by atoms with Crippen LogP contribution in [0.15, 0.2) is 41.0 Å². The lowest BCUT2D eigenvalue weighted by Crippen LogP contribution is -2.14. The second kappa shape index (κ2) is 5.83. The smallest absolute Gasteiger partial charge is 0.274 e. The van der Waals surface area contributed by atoms with Gasteiger partial charge in [-0.15, -0.1) is 0 Å². The number of rotatable bonds is 2. The van der Waals surface area contributed by atoms with Crippen LogP contribution in [0.3, 0.4) is 0 Å². The van der Waals surface area contributed by atoms with Crippen molar-refractivity contribution in [3.8, 4) is 6.07 Å². The number of anilines is 1. The molecule has 19 heavy (non-hydrogen) atoms. The Labute approximate surface area is 123 Å². The van der Waals surface area contributed by atoms with Gasteiger partial charge in [0, 0.05) is 10.7 Å². The molecule has 0 bridgehead atoms. The van der Waals surface area contributed by atoms with E-state index >= 15 is 0 Å². The zero-order chi connectivity index (χ0) is 13.8. The van der Waals surface area contributed by atoms with Gasteiger partial charge in [-0.25, -0.2) is 4.98 Å². The Bertz CT molecular complexity index is 665. The molecule has 2 aromatic rings. The first-order chi connectivity index (χ1) is 9.10. The van der Waals surface area contributed by atoms with Crippen molar-refractivity contribution in [1.82, 2.24) is 4.98 Å². The summed E-state index contributed by atoms with van der Waals surface area (Å²) in [5, 5.41) is 12.1. The first-order valence-corrected chi connectivity index (χ1v) is 6.40. The van der Waals surface area contributed by atoms with Gasteiger partial charge in [0.15, 0.2) is 0 Å². The van der Waals surface area contributed by atoms with Crippen molar-refractivity contribution < 1.29 is 4.79 Å². The summed E-state index contributed by atoms with van der Waals surface area (Å²) in [6.45, 7) is 0. The van der Waals surface area contributed by atoms with Gasteiger partial charge in [-0.1, -0.05) is 27.5 Å². The molecule has 1 aromatic heterocycles. The Kier molecular flexibility index (Phi) is 4.15. The lowest BCUT2D eigenvalue weighted by atomic mass is 10.2. The summed E-state index contributed by atoms with van der Waals surface area (Å²) in [5.41, 5.74) is 1.04. The molecule has 4 nitrogen and oxygen atoms in total. The van der Waals surface area contributed by atoms with Crippen LogP contribution in [-0.4, -0.2) is 10.9 Å². The minimum atomic E-state index is -0.397. The summed E-state index contributed by atoms with van der Waals surface area (Å²) in [6, 6.07) is 10.1. The molecule has 0 aliphatic rings. The number of carbonyl (C=O) groups excluding carboxylic acids is 1. The first kappa shape index (κ1) is 13.5. The zero-order valence-electron chi connectivity index (χ0n) is 9.52. The van der Waals surface area contributed by atoms with Crippen LogP contribution in [-0.2, 0) is 0 Å². The highest BCUT2D eigenvalue weighted by molar-refractivity contribution is 9.10. The molecule has 0 unspecified atom stereocenters. The highest BCUT2D eigenvalue weighted by Gasteiger charge is 2.10. The van der Waals surface area contributed by atoms with E-state index in [1.54, 1.807) is 24.3 Å². The Hall–Kier alpha value is -1.90. The van der Waals surface area contributed by atoms with Gasteiger partial charge in [-0.2, -0.15) is 5.26 Å². The summed E-state index contributed by atoms with van der Waals surface area (Å²) in [6.07, 6.45) is 1.39. The van der Waals surface area contributed by atoms with Gasteiger partial charge in [0.05, 0.1) is 16.3 Å². The molecule has 0 fully saturated rings. The third-order valence-electron chi connectivity index (χ3n) is 2.31. The maximum absolute atomic E-state index is 12.0. The molecule has 1 aromatic carbocycles. The highest BCUT2D eigenvalue weighted by atomic mass is 79.9. The molecule has 0 aliphatic heterocycles. The Balaban J connectivity index is 2.26. The van der Waals surface area contributed by atoms with E-state index in [1.165, 1.54) is 12.3 Å². The van der Waals surface area contributed by atoms with Crippen LogP contribution in [0.2, 0.25) is 5.02 Å². The van der Waals surface area contributed by atoms with Crippen LogP contribution >= 0.6 is 27.5 Å². The minimum Gasteiger partial charge on any atom is -0.319 e. The summed E-state index contributed by atoms with van der Waals surface area (Å²) in [7, 11) is 0. The Morgan fingerprint density at radius 2 is 2.16 bits per heavy atom. The topological polar surface area (TPSA) is 65.8 Å². The van der Waals surface area contributed by atoms with Gasteiger partial charge in [-0.3, -0.25) is 4.79 Å². The molecular weight excluding hydrogens is 330 g/mol. The number of carbonyl (C=O) groups is 1. The molecule has 1 N–H and O–H groups in total. The van der Waals surface area contributed by atoms with E-state index in [0.29, 0.717) is 16.3 Å². The van der Waals surface area contributed by atoms with Crippen LogP contribution in [0.1, 0.15) is 16.1 Å². The number of nitriles is 1. The van der Waals surface area contributed by atoms with Crippen LogP contribution in [0.25, 0.3) is 0 Å². The van der Waals surface area contributed by atoms with E-state index in [-0.39, 0.29) is 5.69 Å². The molecule has 0 aliphatic carbocycles. The molecule has 0 saturated carbocycles. The van der Waals surface area contributed by atoms with Gasteiger partial charge in [0.25, 0.3) is 5.91 Å². The number of aromatic nitrogens is 1. The standard InChI is InChI=1S/C13H7BrClN3O/c14-9-2-1-8(6-16)12(5-9)18-13(19)11-4-3-10(15)7-17-11/h1-5,7H,(H,18,19). The predicted octanol–water partition coefficient (Wildman–Crippen LogP) is 3.62. The Morgan fingerprint density at radius 1 is 1.37 bits per heavy atom. The quantitative estimate of drug-likeness (QED) is 0.911. The van der Waals surface area contributed by atoms with Crippen molar-refractivity contribution in [2.24, 2.45) is 0 Å². The number of hydrogen-bond acceptors (Lipinski definition) is 3. The van der Waals surface area contributed by atoms with Crippen molar-refractivity contribution in [2.75, 3.05) is 5.32 Å². The molecule has 94 valence electrons. The summed E-state index contributed by atoms with van der Waals surface area (Å²) < 4.78 is 0.769. The number of amides is 1. The third kappa shape index (κ3) is 3.31. The van der Waals surface area contributed by atoms with E-state index in [4.69, 9.17) is 16.9 Å². The minimum absolute atomic E-state index is 0.230. The number of nitrogens with zero attached hydrogens (tertiary/aromatic N) is 2. The zero-order valence-corrected chi connectivity index (χ0v) is 11.9. The lowest BCUT2D eigenvalue weighted by molar-refractivity contribution is 0.102. The largest absolute Gasteiger partial charge is 0.319 e. The SMILES string of the molecule is N#Cc1ccc(Br)cc1NC(=O)c1ccc(Cl)cn1. The normalized spacial score (nSPS) is 9.74. The summed E-state index contributed by atoms with van der Waals surface area (Å²) in [4.78, 5) is 15.9. The van der Waals surface area contributed by atoms with E-state index < -0.39 is 5.91 Å². The van der Waals surface area contributed by atoms with Gasteiger partial charge >= 0.3 is 0 Å². The van der Waals surface area contributed by atoms with Gasteiger partial charge in [-0.05, 0) is 30.3 Å². The average Bonchev–Trinajstić information content (AvgIpc) is 2.39. The number of benzene rings is 1. The average molecular weight is 337 g/mol. The van der Waals surface area contributed by atoms with E-state index in [9.17, 15) is 4.79 Å². The predicted molar refractivity (Wildman–Crippen MR) is 76.1 cm³/mol. The second-order valence-corrected chi connectivity index (χ2v) is 4.97. The molecular formula is C13H7BrClN3O. The monoisotopic (exact) mass is 335 g/mol. The number of nitrogens with one attached hydrogen (secondary N) is 1. The third-order valence-corrected chi connectivity index (χ3v) is 3.03. The molecule has 6 heteroatoms. The molecule has 0 saturated heterocycles. The Morgan fingerprint density at radius 3 is 2.79 bits per heavy atom. The fourth-order valence-electron chi connectivity index (χ4n) is 1.41. The highest BCUT2D eigenvalue weighted by Crippen LogP contribution is 2.21. The molecule has 1 heterocycles. The van der Waals surface area contributed by atoms with Gasteiger partial charge in [0.1, 0.15) is 11.8 Å². The fourth-order valence-corrected chi connectivity index (χ4v) is 1.89. The molecule has 1 amide bonds. The van der Waals surface area contributed by atoms with Crippen LogP contribution in [0.4, 0.5) is 5.69 Å². The number of pyridine rings is 1. The van der Waals surface area contributed by atoms with Gasteiger partial charge < -0.3 is 5.32 Å². The molecule has 0 atom stereocenters. The summed E-state index contributed by atoms with van der Waals surface area (Å²) in [5.74, 6) is -0.397. The maximum atomic E-state index is 12.0. The molecule has 2 rings (SSSR count). The molecule has 0 radical (unpaired) electrons. The van der Waals surface area contributed by atoms with E-state index in [1.807, 2.05) is 6.07 Å². The van der Waals surface area contributed by atoms with Crippen molar-refractivity contribution in [3.05, 3.63) is 57.3 Å². The van der Waals surface area contributed by atoms with Crippen molar-refractivity contribution >= 4 is 39.1 Å². The fraction of sp³-hybridized carbons (Fsp3) is 0. The van der Waals surface area contributed by atoms with Crippen LogP contribution < -0.4 is 5.32 Å². The van der Waals surface area contributed by atoms with Crippen molar-refractivity contribution in [1.29, 1.82) is 5.26 Å². The maximum Gasteiger partial charge on any atom is 0.274 e. The molecule has 0 spiro atoms. The number of hydrogen-bond donors (Lipinski definition) is 1. The van der Waals surface area contributed by atoms with E-state index in [2.05, 4.69) is 26.2 Å².